The van der Waals surface area contributed by atoms with Gasteiger partial charge < -0.3 is 10.1 Å². The third-order valence-corrected chi connectivity index (χ3v) is 2.90. The van der Waals surface area contributed by atoms with E-state index in [0.29, 0.717) is 13.2 Å². The predicted molar refractivity (Wildman–Crippen MR) is 79.4 cm³/mol. The van der Waals surface area contributed by atoms with Crippen molar-refractivity contribution in [3.8, 4) is 5.75 Å². The van der Waals surface area contributed by atoms with Gasteiger partial charge in [0.05, 0.1) is 6.61 Å². The van der Waals surface area contributed by atoms with Crippen LogP contribution >= 0.6 is 15.9 Å². The molecule has 1 heterocycles. The zero-order valence-corrected chi connectivity index (χ0v) is 12.6. The highest BCUT2D eigenvalue weighted by atomic mass is 79.9. The number of nitrogens with one attached hydrogen (secondary N) is 1. The molecule has 4 nitrogen and oxygen atoms in total. The SMILES string of the molecule is CCOc1cccc(CNc2cc(Br)nc(C)n2)c1. The van der Waals surface area contributed by atoms with Gasteiger partial charge in [0.15, 0.2) is 0 Å². The van der Waals surface area contributed by atoms with Crippen molar-refractivity contribution in [1.29, 1.82) is 0 Å². The molecule has 2 aromatic rings. The first-order valence-corrected chi connectivity index (χ1v) is 6.93. The van der Waals surface area contributed by atoms with Crippen LogP contribution in [0, 0.1) is 6.92 Å². The molecule has 0 aliphatic carbocycles. The second kappa shape index (κ2) is 6.52. The Morgan fingerprint density at radius 1 is 1.26 bits per heavy atom. The fourth-order valence-electron chi connectivity index (χ4n) is 1.73. The maximum Gasteiger partial charge on any atom is 0.131 e. The second-order valence-electron chi connectivity index (χ2n) is 4.06. The Morgan fingerprint density at radius 2 is 2.11 bits per heavy atom. The molecule has 1 aromatic heterocycles. The van der Waals surface area contributed by atoms with Gasteiger partial charge in [0.2, 0.25) is 0 Å². The fourth-order valence-corrected chi connectivity index (χ4v) is 2.20. The van der Waals surface area contributed by atoms with Gasteiger partial charge >= 0.3 is 0 Å². The van der Waals surface area contributed by atoms with E-state index < -0.39 is 0 Å². The molecule has 0 amide bonds. The van der Waals surface area contributed by atoms with Gasteiger partial charge in [0.25, 0.3) is 0 Å². The molecule has 1 aromatic carbocycles. The number of rotatable bonds is 5. The number of aromatic nitrogens is 2. The molecule has 0 fully saturated rings. The number of aryl methyl sites for hydroxylation is 1. The third kappa shape index (κ3) is 4.21. The van der Waals surface area contributed by atoms with Crippen LogP contribution < -0.4 is 10.1 Å². The van der Waals surface area contributed by atoms with E-state index in [-0.39, 0.29) is 0 Å². The largest absolute Gasteiger partial charge is 0.494 e. The average molecular weight is 322 g/mol. The molecule has 0 spiro atoms. The second-order valence-corrected chi connectivity index (χ2v) is 4.87. The molecular formula is C14H16BrN3O. The standard InChI is InChI=1S/C14H16BrN3O/c1-3-19-12-6-4-5-11(7-12)9-16-14-8-13(15)17-10(2)18-14/h4-8H,3,9H2,1-2H3,(H,16,17,18). The predicted octanol–water partition coefficient (Wildman–Crippen LogP) is 3.56. The number of halogens is 1. The molecule has 0 aliphatic rings. The lowest BCUT2D eigenvalue weighted by molar-refractivity contribution is 0.340. The molecule has 5 heteroatoms. The van der Waals surface area contributed by atoms with Crippen molar-refractivity contribution in [3.63, 3.8) is 0 Å². The Hall–Kier alpha value is -1.62. The summed E-state index contributed by atoms with van der Waals surface area (Å²) in [6, 6.07) is 9.89. The van der Waals surface area contributed by atoms with Gasteiger partial charge in [-0.2, -0.15) is 0 Å². The first kappa shape index (κ1) is 13.8. The van der Waals surface area contributed by atoms with Crippen molar-refractivity contribution in [3.05, 3.63) is 46.3 Å². The van der Waals surface area contributed by atoms with Gasteiger partial charge in [-0.25, -0.2) is 9.97 Å². The summed E-state index contributed by atoms with van der Waals surface area (Å²) in [5.74, 6) is 2.43. The van der Waals surface area contributed by atoms with Crippen molar-refractivity contribution in [2.75, 3.05) is 11.9 Å². The molecule has 1 N–H and O–H groups in total. The minimum absolute atomic E-state index is 0.676. The Labute approximate surface area is 121 Å². The minimum Gasteiger partial charge on any atom is -0.494 e. The normalized spacial score (nSPS) is 10.3. The summed E-state index contributed by atoms with van der Waals surface area (Å²) in [7, 11) is 0. The lowest BCUT2D eigenvalue weighted by Gasteiger charge is -2.08. The number of hydrogen-bond donors (Lipinski definition) is 1. The summed E-state index contributed by atoms with van der Waals surface area (Å²) >= 11 is 3.36. The van der Waals surface area contributed by atoms with Crippen LogP contribution in [0.25, 0.3) is 0 Å². The van der Waals surface area contributed by atoms with Crippen LogP contribution in [0.5, 0.6) is 5.75 Å². The topological polar surface area (TPSA) is 47.0 Å². The fraction of sp³-hybridized carbons (Fsp3) is 0.286. The van der Waals surface area contributed by atoms with Gasteiger partial charge in [0, 0.05) is 12.6 Å². The Balaban J connectivity index is 2.03. The van der Waals surface area contributed by atoms with Gasteiger partial charge in [-0.15, -0.1) is 0 Å². The van der Waals surface area contributed by atoms with Crippen LogP contribution in [0.3, 0.4) is 0 Å². The summed E-state index contributed by atoms with van der Waals surface area (Å²) in [5, 5.41) is 3.28. The molecule has 0 bridgehead atoms. The number of benzene rings is 1. The van der Waals surface area contributed by atoms with E-state index in [1.165, 1.54) is 0 Å². The zero-order chi connectivity index (χ0) is 13.7. The summed E-state index contributed by atoms with van der Waals surface area (Å²) in [5.41, 5.74) is 1.15. The highest BCUT2D eigenvalue weighted by molar-refractivity contribution is 9.10. The maximum atomic E-state index is 5.48. The van der Waals surface area contributed by atoms with Gasteiger partial charge in [-0.3, -0.25) is 0 Å². The maximum absolute atomic E-state index is 5.48. The van der Waals surface area contributed by atoms with Crippen LogP contribution in [-0.2, 0) is 6.54 Å². The van der Waals surface area contributed by atoms with E-state index in [0.717, 1.165) is 27.6 Å². The van der Waals surface area contributed by atoms with Crippen molar-refractivity contribution in [1.82, 2.24) is 9.97 Å². The first-order valence-electron chi connectivity index (χ1n) is 6.14. The van der Waals surface area contributed by atoms with Crippen molar-refractivity contribution < 1.29 is 4.74 Å². The number of hydrogen-bond acceptors (Lipinski definition) is 4. The number of nitrogens with zero attached hydrogens (tertiary/aromatic N) is 2. The Morgan fingerprint density at radius 3 is 2.84 bits per heavy atom. The highest BCUT2D eigenvalue weighted by Gasteiger charge is 2.01. The summed E-state index contributed by atoms with van der Waals surface area (Å²) in [4.78, 5) is 8.50. The van der Waals surface area contributed by atoms with Crippen LogP contribution in [0.2, 0.25) is 0 Å². The lowest BCUT2D eigenvalue weighted by atomic mass is 10.2. The van der Waals surface area contributed by atoms with Crippen LogP contribution in [0.15, 0.2) is 34.9 Å². The van der Waals surface area contributed by atoms with Gasteiger partial charge in [0.1, 0.15) is 22.0 Å². The minimum atomic E-state index is 0.676. The summed E-state index contributed by atoms with van der Waals surface area (Å²) in [6.45, 7) is 5.22. The van der Waals surface area contributed by atoms with Crippen LogP contribution in [0.1, 0.15) is 18.3 Å². The van der Waals surface area contributed by atoms with E-state index in [1.54, 1.807) is 0 Å². The van der Waals surface area contributed by atoms with E-state index >= 15 is 0 Å². The summed E-state index contributed by atoms with van der Waals surface area (Å²) in [6.07, 6.45) is 0. The van der Waals surface area contributed by atoms with Crippen molar-refractivity contribution in [2.45, 2.75) is 20.4 Å². The average Bonchev–Trinajstić information content (AvgIpc) is 2.36. The molecule has 0 aliphatic heterocycles. The van der Waals surface area contributed by atoms with E-state index in [1.807, 2.05) is 38.1 Å². The molecule has 2 rings (SSSR count). The molecule has 100 valence electrons. The van der Waals surface area contributed by atoms with E-state index in [4.69, 9.17) is 4.74 Å². The quantitative estimate of drug-likeness (QED) is 0.855. The Bertz CT molecular complexity index is 540. The van der Waals surface area contributed by atoms with Gasteiger partial charge in [-0.05, 0) is 47.5 Å². The Kier molecular flexibility index (Phi) is 4.74. The first-order chi connectivity index (χ1) is 9.17. The zero-order valence-electron chi connectivity index (χ0n) is 11.0. The molecule has 0 saturated heterocycles. The third-order valence-electron chi connectivity index (χ3n) is 2.49. The molecule has 0 atom stereocenters. The van der Waals surface area contributed by atoms with Crippen molar-refractivity contribution >= 4 is 21.7 Å². The molecule has 19 heavy (non-hydrogen) atoms. The number of ether oxygens (including phenoxy) is 1. The van der Waals surface area contributed by atoms with Crippen molar-refractivity contribution in [2.24, 2.45) is 0 Å². The van der Waals surface area contributed by atoms with Crippen LogP contribution in [-0.4, -0.2) is 16.6 Å². The van der Waals surface area contributed by atoms with Crippen LogP contribution in [0.4, 0.5) is 5.82 Å². The lowest BCUT2D eigenvalue weighted by Crippen LogP contribution is -2.03. The monoisotopic (exact) mass is 321 g/mol. The molecular weight excluding hydrogens is 306 g/mol. The number of anilines is 1. The van der Waals surface area contributed by atoms with E-state index in [2.05, 4.69) is 37.3 Å². The molecule has 0 saturated carbocycles. The smallest absolute Gasteiger partial charge is 0.131 e. The molecule has 0 unspecified atom stereocenters. The van der Waals surface area contributed by atoms with Gasteiger partial charge in [-0.1, -0.05) is 12.1 Å². The van der Waals surface area contributed by atoms with E-state index in [9.17, 15) is 0 Å². The molecule has 0 radical (unpaired) electrons. The summed E-state index contributed by atoms with van der Waals surface area (Å²) < 4.78 is 6.26. The highest BCUT2D eigenvalue weighted by Crippen LogP contribution is 2.16.